The lowest BCUT2D eigenvalue weighted by molar-refractivity contribution is -0.101. The summed E-state index contributed by atoms with van der Waals surface area (Å²) >= 11 is 0. The molecule has 0 aliphatic carbocycles. The van der Waals surface area contributed by atoms with Gasteiger partial charge in [0.05, 0.1) is 6.10 Å². The summed E-state index contributed by atoms with van der Waals surface area (Å²) in [6, 6.07) is 0. The molecule has 1 fully saturated rings. The minimum Gasteiger partial charge on any atom is -0.368 e. The molecule has 48 valence electrons. The van der Waals surface area contributed by atoms with Crippen molar-refractivity contribution in [2.75, 3.05) is 0 Å². The summed E-state index contributed by atoms with van der Waals surface area (Å²) in [6.45, 7) is 3.97. The van der Waals surface area contributed by atoms with E-state index in [4.69, 9.17) is 9.84 Å². The molecule has 2 nitrogen and oxygen atoms in total. The van der Waals surface area contributed by atoms with Gasteiger partial charge in [-0.1, -0.05) is 6.92 Å². The second-order valence-electron chi connectivity index (χ2n) is 2.55. The zero-order valence-electron chi connectivity index (χ0n) is 5.29. The van der Waals surface area contributed by atoms with Crippen molar-refractivity contribution in [3.63, 3.8) is 0 Å². The second-order valence-corrected chi connectivity index (χ2v) is 2.55. The van der Waals surface area contributed by atoms with Gasteiger partial charge in [0, 0.05) is 5.92 Å². The van der Waals surface area contributed by atoms with Crippen molar-refractivity contribution in [2.45, 2.75) is 32.7 Å². The maximum atomic E-state index is 8.95. The van der Waals surface area contributed by atoms with Crippen molar-refractivity contribution in [1.29, 1.82) is 0 Å². The Morgan fingerprint density at radius 1 is 1.50 bits per heavy atom. The predicted molar refractivity (Wildman–Crippen MR) is 30.3 cm³/mol. The zero-order valence-corrected chi connectivity index (χ0v) is 5.29. The minimum absolute atomic E-state index is 0.250. The summed E-state index contributed by atoms with van der Waals surface area (Å²) in [6.07, 6.45) is 0.728. The molecule has 1 aliphatic heterocycles. The first-order valence-electron chi connectivity index (χ1n) is 3.03. The molecule has 1 aliphatic rings. The fourth-order valence-electron chi connectivity index (χ4n) is 1.07. The molecule has 1 N–H and O–H groups in total. The second kappa shape index (κ2) is 2.03. The minimum atomic E-state index is -0.509. The van der Waals surface area contributed by atoms with Gasteiger partial charge in [-0.2, -0.15) is 0 Å². The Hall–Kier alpha value is -0.0800. The smallest absolute Gasteiger partial charge is 0.157 e. The van der Waals surface area contributed by atoms with Gasteiger partial charge in [0.2, 0.25) is 0 Å². The summed E-state index contributed by atoms with van der Waals surface area (Å²) in [4.78, 5) is 0. The fourth-order valence-corrected chi connectivity index (χ4v) is 1.07. The third kappa shape index (κ3) is 1.01. The first-order valence-corrected chi connectivity index (χ1v) is 3.03. The summed E-state index contributed by atoms with van der Waals surface area (Å²) in [5.41, 5.74) is 0. The molecule has 0 aromatic heterocycles. The SMILES string of the molecule is C[C@@H]1C[C@H](C)O[C@H]1O. The van der Waals surface area contributed by atoms with E-state index in [1.807, 2.05) is 13.8 Å². The van der Waals surface area contributed by atoms with Crippen LogP contribution in [0.15, 0.2) is 0 Å². The van der Waals surface area contributed by atoms with Crippen molar-refractivity contribution in [2.24, 2.45) is 5.92 Å². The van der Waals surface area contributed by atoms with Gasteiger partial charge in [-0.15, -0.1) is 0 Å². The molecule has 0 aromatic rings. The Kier molecular flexibility index (Phi) is 1.54. The molecule has 1 saturated heterocycles. The van der Waals surface area contributed by atoms with E-state index in [1.165, 1.54) is 0 Å². The lowest BCUT2D eigenvalue weighted by atomic mass is 10.1. The molecule has 0 unspecified atom stereocenters. The van der Waals surface area contributed by atoms with E-state index in [0.717, 1.165) is 6.42 Å². The van der Waals surface area contributed by atoms with Crippen LogP contribution in [-0.4, -0.2) is 17.5 Å². The summed E-state index contributed by atoms with van der Waals surface area (Å²) in [5, 5.41) is 8.95. The fraction of sp³-hybridized carbons (Fsp3) is 1.00. The van der Waals surface area contributed by atoms with Gasteiger partial charge in [-0.05, 0) is 13.3 Å². The van der Waals surface area contributed by atoms with E-state index in [9.17, 15) is 0 Å². The van der Waals surface area contributed by atoms with Crippen molar-refractivity contribution >= 4 is 0 Å². The van der Waals surface area contributed by atoms with Crippen LogP contribution in [0.4, 0.5) is 0 Å². The van der Waals surface area contributed by atoms with Crippen LogP contribution in [0.2, 0.25) is 0 Å². The lowest BCUT2D eigenvalue weighted by Crippen LogP contribution is -2.11. The van der Waals surface area contributed by atoms with Crippen LogP contribution in [0.3, 0.4) is 0 Å². The summed E-state index contributed by atoms with van der Waals surface area (Å²) in [7, 11) is 0. The van der Waals surface area contributed by atoms with E-state index in [-0.39, 0.29) is 6.10 Å². The van der Waals surface area contributed by atoms with E-state index in [0.29, 0.717) is 5.92 Å². The Bertz CT molecular complexity index is 72.6. The monoisotopic (exact) mass is 116 g/mol. The van der Waals surface area contributed by atoms with Crippen LogP contribution in [-0.2, 0) is 4.74 Å². The quantitative estimate of drug-likeness (QED) is 0.506. The lowest BCUT2D eigenvalue weighted by Gasteiger charge is -2.04. The van der Waals surface area contributed by atoms with E-state index in [1.54, 1.807) is 0 Å². The number of aliphatic hydroxyl groups excluding tert-OH is 1. The van der Waals surface area contributed by atoms with E-state index < -0.39 is 6.29 Å². The number of hydrogen-bond donors (Lipinski definition) is 1. The molecular formula is C6H12O2. The van der Waals surface area contributed by atoms with Gasteiger partial charge in [0.1, 0.15) is 0 Å². The molecule has 0 radical (unpaired) electrons. The molecule has 0 amide bonds. The first-order chi connectivity index (χ1) is 3.70. The number of ether oxygens (including phenoxy) is 1. The first kappa shape index (κ1) is 6.05. The molecule has 0 bridgehead atoms. The molecule has 0 saturated carbocycles. The normalized spacial score (nSPS) is 47.6. The van der Waals surface area contributed by atoms with Gasteiger partial charge < -0.3 is 9.84 Å². The molecule has 0 spiro atoms. The van der Waals surface area contributed by atoms with Crippen LogP contribution < -0.4 is 0 Å². The van der Waals surface area contributed by atoms with Crippen molar-refractivity contribution < 1.29 is 9.84 Å². The molecule has 3 atom stereocenters. The summed E-state index contributed by atoms with van der Waals surface area (Å²) < 4.78 is 5.03. The molecule has 0 aromatic carbocycles. The van der Waals surface area contributed by atoms with Crippen LogP contribution >= 0.6 is 0 Å². The van der Waals surface area contributed by atoms with Crippen LogP contribution in [0, 0.1) is 5.92 Å². The van der Waals surface area contributed by atoms with Gasteiger partial charge in [-0.25, -0.2) is 0 Å². The third-order valence-electron chi connectivity index (χ3n) is 1.56. The highest BCUT2D eigenvalue weighted by Gasteiger charge is 2.26. The summed E-state index contributed by atoms with van der Waals surface area (Å²) in [5.74, 6) is 0.324. The third-order valence-corrected chi connectivity index (χ3v) is 1.56. The van der Waals surface area contributed by atoms with E-state index in [2.05, 4.69) is 0 Å². The predicted octanol–water partition coefficient (Wildman–Crippen LogP) is 0.750. The van der Waals surface area contributed by atoms with Gasteiger partial charge in [0.15, 0.2) is 6.29 Å². The molecule has 2 heteroatoms. The van der Waals surface area contributed by atoms with Crippen molar-refractivity contribution in [3.05, 3.63) is 0 Å². The number of aliphatic hydroxyl groups is 1. The Morgan fingerprint density at radius 3 is 2.25 bits per heavy atom. The maximum Gasteiger partial charge on any atom is 0.157 e. The molecule has 1 heterocycles. The highest BCUT2D eigenvalue weighted by Crippen LogP contribution is 2.23. The average Bonchev–Trinajstić information content (AvgIpc) is 1.85. The maximum absolute atomic E-state index is 8.95. The highest BCUT2D eigenvalue weighted by molar-refractivity contribution is 4.68. The van der Waals surface area contributed by atoms with E-state index >= 15 is 0 Å². The molecule has 8 heavy (non-hydrogen) atoms. The number of rotatable bonds is 0. The van der Waals surface area contributed by atoms with Crippen LogP contribution in [0.1, 0.15) is 20.3 Å². The van der Waals surface area contributed by atoms with Gasteiger partial charge in [0.25, 0.3) is 0 Å². The average molecular weight is 116 g/mol. The van der Waals surface area contributed by atoms with Gasteiger partial charge in [-0.3, -0.25) is 0 Å². The zero-order chi connectivity index (χ0) is 6.15. The Balaban J connectivity index is 2.39. The largest absolute Gasteiger partial charge is 0.368 e. The standard InChI is InChI=1S/C6H12O2/c1-4-3-5(2)8-6(4)7/h4-7H,3H2,1-2H3/t4-,5+,6-/m1/s1. The Labute approximate surface area is 49.5 Å². The Morgan fingerprint density at radius 2 is 2.12 bits per heavy atom. The van der Waals surface area contributed by atoms with Crippen molar-refractivity contribution in [3.8, 4) is 0 Å². The van der Waals surface area contributed by atoms with Crippen LogP contribution in [0.25, 0.3) is 0 Å². The molecular weight excluding hydrogens is 104 g/mol. The van der Waals surface area contributed by atoms with Crippen molar-refractivity contribution in [1.82, 2.24) is 0 Å². The van der Waals surface area contributed by atoms with Crippen LogP contribution in [0.5, 0.6) is 0 Å². The highest BCUT2D eigenvalue weighted by atomic mass is 16.6. The number of hydrogen-bond acceptors (Lipinski definition) is 2. The molecule has 1 rings (SSSR count). The van der Waals surface area contributed by atoms with Gasteiger partial charge >= 0.3 is 0 Å². The topological polar surface area (TPSA) is 29.5 Å².